The predicted molar refractivity (Wildman–Crippen MR) is 76.9 cm³/mol. The second-order valence-corrected chi connectivity index (χ2v) is 4.94. The highest BCUT2D eigenvalue weighted by atomic mass is 19.1. The summed E-state index contributed by atoms with van der Waals surface area (Å²) in [7, 11) is 0. The van der Waals surface area contributed by atoms with E-state index < -0.39 is 0 Å². The Morgan fingerprint density at radius 1 is 1.05 bits per heavy atom. The minimum absolute atomic E-state index is 0.0467. The molecule has 0 aromatic heterocycles. The normalized spacial score (nSPS) is 10.4. The van der Waals surface area contributed by atoms with Crippen LogP contribution in [0.15, 0.2) is 36.4 Å². The molecule has 0 heterocycles. The van der Waals surface area contributed by atoms with Crippen LogP contribution < -0.4 is 4.74 Å². The van der Waals surface area contributed by atoms with Crippen molar-refractivity contribution in [3.8, 4) is 5.75 Å². The van der Waals surface area contributed by atoms with Gasteiger partial charge in [-0.05, 0) is 50.1 Å². The van der Waals surface area contributed by atoms with Crippen molar-refractivity contribution in [2.75, 3.05) is 6.61 Å². The van der Waals surface area contributed by atoms with Crippen LogP contribution in [-0.4, -0.2) is 12.4 Å². The molecule has 0 fully saturated rings. The lowest BCUT2D eigenvalue weighted by Gasteiger charge is -2.09. The number of ether oxygens (including phenoxy) is 1. The van der Waals surface area contributed by atoms with Gasteiger partial charge < -0.3 is 4.74 Å². The van der Waals surface area contributed by atoms with E-state index in [2.05, 4.69) is 0 Å². The Hall–Kier alpha value is -2.16. The first-order valence-electron chi connectivity index (χ1n) is 6.47. The molecule has 0 atom stereocenters. The molecule has 2 aromatic carbocycles. The molecule has 0 saturated carbocycles. The molecule has 20 heavy (non-hydrogen) atoms. The lowest BCUT2D eigenvalue weighted by Crippen LogP contribution is -2.13. The molecule has 2 rings (SSSR count). The molecule has 0 aliphatic carbocycles. The molecule has 0 unspecified atom stereocenters. The maximum absolute atomic E-state index is 13.1. The fraction of sp³-hybridized carbons (Fsp3) is 0.235. The van der Waals surface area contributed by atoms with Crippen molar-refractivity contribution >= 4 is 5.78 Å². The Balaban J connectivity index is 2.06. The molecule has 0 bridgehead atoms. The third-order valence-electron chi connectivity index (χ3n) is 3.18. The van der Waals surface area contributed by atoms with E-state index in [1.54, 1.807) is 13.0 Å². The first-order valence-corrected chi connectivity index (χ1v) is 6.47. The summed E-state index contributed by atoms with van der Waals surface area (Å²) in [5.41, 5.74) is 3.22. The van der Waals surface area contributed by atoms with Crippen LogP contribution in [0.2, 0.25) is 0 Å². The molecule has 104 valence electrons. The van der Waals surface area contributed by atoms with E-state index in [9.17, 15) is 9.18 Å². The summed E-state index contributed by atoms with van der Waals surface area (Å²) in [4.78, 5) is 12.1. The molecule has 0 amide bonds. The molecule has 0 spiro atoms. The van der Waals surface area contributed by atoms with Gasteiger partial charge in [0.2, 0.25) is 0 Å². The van der Waals surface area contributed by atoms with E-state index in [0.29, 0.717) is 16.9 Å². The number of halogens is 1. The minimum atomic E-state index is -0.280. The molecular formula is C17H17FO2. The minimum Gasteiger partial charge on any atom is -0.485 e. The van der Waals surface area contributed by atoms with Crippen molar-refractivity contribution < 1.29 is 13.9 Å². The first kappa shape index (κ1) is 14.3. The fourth-order valence-electron chi connectivity index (χ4n) is 2.06. The maximum Gasteiger partial charge on any atom is 0.200 e. The van der Waals surface area contributed by atoms with Crippen molar-refractivity contribution in [3.63, 3.8) is 0 Å². The van der Waals surface area contributed by atoms with E-state index in [1.165, 1.54) is 12.1 Å². The van der Waals surface area contributed by atoms with Crippen molar-refractivity contribution in [1.82, 2.24) is 0 Å². The lowest BCUT2D eigenvalue weighted by atomic mass is 10.0. The van der Waals surface area contributed by atoms with Gasteiger partial charge in [0.05, 0.1) is 0 Å². The summed E-state index contributed by atoms with van der Waals surface area (Å²) in [6.07, 6.45) is 0. The highest BCUT2D eigenvalue weighted by Gasteiger charge is 2.10. The van der Waals surface area contributed by atoms with E-state index in [4.69, 9.17) is 4.74 Å². The Morgan fingerprint density at radius 3 is 2.45 bits per heavy atom. The van der Waals surface area contributed by atoms with Crippen molar-refractivity contribution in [3.05, 3.63) is 64.5 Å². The van der Waals surface area contributed by atoms with Crippen LogP contribution in [0.4, 0.5) is 4.39 Å². The molecule has 0 N–H and O–H groups in total. The Kier molecular flexibility index (Phi) is 4.18. The van der Waals surface area contributed by atoms with E-state index >= 15 is 0 Å². The molecular weight excluding hydrogens is 255 g/mol. The van der Waals surface area contributed by atoms with Crippen molar-refractivity contribution in [2.24, 2.45) is 0 Å². The number of benzene rings is 2. The van der Waals surface area contributed by atoms with Gasteiger partial charge in [-0.25, -0.2) is 4.39 Å². The van der Waals surface area contributed by atoms with Crippen LogP contribution >= 0.6 is 0 Å². The fourth-order valence-corrected chi connectivity index (χ4v) is 2.06. The number of hydrogen-bond donors (Lipinski definition) is 0. The van der Waals surface area contributed by atoms with Crippen LogP contribution in [0.5, 0.6) is 5.75 Å². The number of ketones is 1. The molecule has 2 aromatic rings. The van der Waals surface area contributed by atoms with Gasteiger partial charge in [-0.2, -0.15) is 0 Å². The van der Waals surface area contributed by atoms with Gasteiger partial charge in [0.25, 0.3) is 0 Å². The highest BCUT2D eigenvalue weighted by molar-refractivity contribution is 5.98. The largest absolute Gasteiger partial charge is 0.485 e. The van der Waals surface area contributed by atoms with Gasteiger partial charge in [-0.15, -0.1) is 0 Å². The second-order valence-electron chi connectivity index (χ2n) is 4.94. The molecule has 2 nitrogen and oxygen atoms in total. The van der Waals surface area contributed by atoms with Gasteiger partial charge >= 0.3 is 0 Å². The van der Waals surface area contributed by atoms with Crippen LogP contribution in [0.1, 0.15) is 27.0 Å². The summed E-state index contributed by atoms with van der Waals surface area (Å²) in [6.45, 7) is 5.50. The molecule has 0 aliphatic rings. The average molecular weight is 272 g/mol. The smallest absolute Gasteiger partial charge is 0.200 e. The van der Waals surface area contributed by atoms with Crippen LogP contribution in [-0.2, 0) is 0 Å². The SMILES string of the molecule is Cc1ccc(C(=O)COc2ccc(F)c(C)c2)c(C)c1. The molecule has 3 heteroatoms. The average Bonchev–Trinajstić information content (AvgIpc) is 2.40. The summed E-state index contributed by atoms with van der Waals surface area (Å²) >= 11 is 0. The number of hydrogen-bond acceptors (Lipinski definition) is 2. The zero-order valence-electron chi connectivity index (χ0n) is 11.9. The summed E-state index contributed by atoms with van der Waals surface area (Å²) in [5.74, 6) is 0.143. The van der Waals surface area contributed by atoms with Gasteiger partial charge in [0, 0.05) is 5.56 Å². The Labute approximate surface area is 118 Å². The first-order chi connectivity index (χ1) is 9.47. The topological polar surface area (TPSA) is 26.3 Å². The number of aryl methyl sites for hydroxylation is 3. The number of rotatable bonds is 4. The van der Waals surface area contributed by atoms with E-state index in [0.717, 1.165) is 11.1 Å². The number of Topliss-reactive ketones (excluding diaryl/α,β-unsaturated/α-hetero) is 1. The summed E-state index contributed by atoms with van der Waals surface area (Å²) in [5, 5.41) is 0. The summed E-state index contributed by atoms with van der Waals surface area (Å²) < 4.78 is 18.6. The lowest BCUT2D eigenvalue weighted by molar-refractivity contribution is 0.0921. The van der Waals surface area contributed by atoms with Crippen LogP contribution in [0.25, 0.3) is 0 Å². The van der Waals surface area contributed by atoms with Crippen molar-refractivity contribution in [2.45, 2.75) is 20.8 Å². The second kappa shape index (κ2) is 5.87. The third kappa shape index (κ3) is 3.23. The molecule has 0 radical (unpaired) electrons. The summed E-state index contributed by atoms with van der Waals surface area (Å²) in [6, 6.07) is 10.1. The van der Waals surface area contributed by atoms with Crippen LogP contribution in [0, 0.1) is 26.6 Å². The maximum atomic E-state index is 13.1. The molecule has 0 saturated heterocycles. The standard InChI is InChI=1S/C17H17FO2/c1-11-4-6-15(12(2)8-11)17(19)10-20-14-5-7-16(18)13(3)9-14/h4-9H,10H2,1-3H3. The van der Waals surface area contributed by atoms with E-state index in [-0.39, 0.29) is 18.2 Å². The van der Waals surface area contributed by atoms with Gasteiger partial charge in [-0.1, -0.05) is 23.8 Å². The van der Waals surface area contributed by atoms with E-state index in [1.807, 2.05) is 32.0 Å². The van der Waals surface area contributed by atoms with Crippen molar-refractivity contribution in [1.29, 1.82) is 0 Å². The number of carbonyl (C=O) groups excluding carboxylic acids is 1. The van der Waals surface area contributed by atoms with Crippen LogP contribution in [0.3, 0.4) is 0 Å². The Morgan fingerprint density at radius 2 is 1.80 bits per heavy atom. The quantitative estimate of drug-likeness (QED) is 0.786. The monoisotopic (exact) mass is 272 g/mol. The zero-order chi connectivity index (χ0) is 14.7. The Bertz CT molecular complexity index is 647. The number of carbonyl (C=O) groups is 1. The van der Waals surface area contributed by atoms with Gasteiger partial charge in [0.15, 0.2) is 12.4 Å². The third-order valence-corrected chi connectivity index (χ3v) is 3.18. The highest BCUT2D eigenvalue weighted by Crippen LogP contribution is 2.17. The van der Waals surface area contributed by atoms with Gasteiger partial charge in [-0.3, -0.25) is 4.79 Å². The zero-order valence-corrected chi connectivity index (χ0v) is 11.9. The predicted octanol–water partition coefficient (Wildman–Crippen LogP) is 4.01. The molecule has 0 aliphatic heterocycles. The van der Waals surface area contributed by atoms with Gasteiger partial charge in [0.1, 0.15) is 11.6 Å².